The summed E-state index contributed by atoms with van der Waals surface area (Å²) in [4.78, 5) is 40.3. The van der Waals surface area contributed by atoms with Gasteiger partial charge in [0.05, 0.1) is 6.42 Å². The smallest absolute Gasteiger partial charge is 0.239 e. The SMILES string of the molecule is O=C(Nc1ccc(CC(=O)N2CCN3CCNC(=O)[C@@H]3C2)cc1)C1CC1. The number of amides is 3. The maximum Gasteiger partial charge on any atom is 0.239 e. The summed E-state index contributed by atoms with van der Waals surface area (Å²) in [5.74, 6) is 0.312. The first-order valence-electron chi connectivity index (χ1n) is 9.29. The largest absolute Gasteiger partial charge is 0.353 e. The third-order valence-electron chi connectivity index (χ3n) is 5.37. The van der Waals surface area contributed by atoms with Gasteiger partial charge in [0.15, 0.2) is 0 Å². The van der Waals surface area contributed by atoms with E-state index in [0.29, 0.717) is 26.1 Å². The van der Waals surface area contributed by atoms with Crippen LogP contribution in [0.4, 0.5) is 5.69 Å². The topological polar surface area (TPSA) is 81.8 Å². The Morgan fingerprint density at radius 2 is 1.88 bits per heavy atom. The van der Waals surface area contributed by atoms with E-state index in [4.69, 9.17) is 0 Å². The number of hydrogen-bond acceptors (Lipinski definition) is 4. The van der Waals surface area contributed by atoms with E-state index in [2.05, 4.69) is 15.5 Å². The lowest BCUT2D eigenvalue weighted by atomic mass is 10.1. The molecule has 7 heteroatoms. The summed E-state index contributed by atoms with van der Waals surface area (Å²) in [5.41, 5.74) is 1.68. The average molecular weight is 356 g/mol. The van der Waals surface area contributed by atoms with Gasteiger partial charge in [0, 0.05) is 44.3 Å². The predicted octanol–water partition coefficient (Wildman–Crippen LogP) is 0.220. The predicted molar refractivity (Wildman–Crippen MR) is 96.5 cm³/mol. The molecule has 4 rings (SSSR count). The maximum absolute atomic E-state index is 12.6. The van der Waals surface area contributed by atoms with Crippen LogP contribution in [0, 0.1) is 5.92 Å². The van der Waals surface area contributed by atoms with Gasteiger partial charge >= 0.3 is 0 Å². The molecule has 1 aromatic carbocycles. The Kier molecular flexibility index (Phi) is 4.63. The number of rotatable bonds is 4. The standard InChI is InChI=1S/C19H24N4O3/c24-17(23-10-9-22-8-7-20-19(26)16(22)12-23)11-13-1-5-15(6-2-13)21-18(25)14-3-4-14/h1-2,5-6,14,16H,3-4,7-12H2,(H,20,26)(H,21,25)/t16-/m0/s1. The second kappa shape index (κ2) is 7.07. The van der Waals surface area contributed by atoms with E-state index in [1.54, 1.807) is 4.90 Å². The van der Waals surface area contributed by atoms with Crippen LogP contribution in [-0.4, -0.2) is 66.3 Å². The zero-order valence-corrected chi connectivity index (χ0v) is 14.7. The molecular formula is C19H24N4O3. The van der Waals surface area contributed by atoms with E-state index in [-0.39, 0.29) is 29.7 Å². The van der Waals surface area contributed by atoms with Crippen LogP contribution in [0.5, 0.6) is 0 Å². The van der Waals surface area contributed by atoms with Crippen LogP contribution < -0.4 is 10.6 Å². The summed E-state index contributed by atoms with van der Waals surface area (Å²) in [6, 6.07) is 7.22. The molecule has 3 aliphatic rings. The highest BCUT2D eigenvalue weighted by Gasteiger charge is 2.36. The molecule has 0 spiro atoms. The molecule has 1 aliphatic carbocycles. The van der Waals surface area contributed by atoms with Gasteiger partial charge in [-0.25, -0.2) is 0 Å². The Labute approximate surface area is 152 Å². The van der Waals surface area contributed by atoms with Gasteiger partial charge in [0.25, 0.3) is 0 Å². The lowest BCUT2D eigenvalue weighted by Gasteiger charge is -2.43. The molecule has 3 amide bonds. The van der Waals surface area contributed by atoms with Crippen LogP contribution in [0.15, 0.2) is 24.3 Å². The molecule has 3 fully saturated rings. The third kappa shape index (κ3) is 3.72. The molecule has 2 saturated heterocycles. The molecule has 2 heterocycles. The van der Waals surface area contributed by atoms with Crippen LogP contribution >= 0.6 is 0 Å². The number of fused-ring (bicyclic) bond motifs is 1. The molecule has 0 radical (unpaired) electrons. The van der Waals surface area contributed by atoms with Crippen LogP contribution in [0.3, 0.4) is 0 Å². The van der Waals surface area contributed by atoms with E-state index in [1.165, 1.54) is 0 Å². The van der Waals surface area contributed by atoms with E-state index in [9.17, 15) is 14.4 Å². The summed E-state index contributed by atoms with van der Waals surface area (Å²) < 4.78 is 0. The number of nitrogens with one attached hydrogen (secondary N) is 2. The van der Waals surface area contributed by atoms with Crippen molar-refractivity contribution in [2.24, 2.45) is 5.92 Å². The zero-order valence-electron chi connectivity index (χ0n) is 14.7. The van der Waals surface area contributed by atoms with Gasteiger partial charge in [-0.05, 0) is 30.5 Å². The fourth-order valence-corrected chi connectivity index (χ4v) is 3.59. The Balaban J connectivity index is 1.32. The average Bonchev–Trinajstić information content (AvgIpc) is 3.49. The second-order valence-electron chi connectivity index (χ2n) is 7.32. The van der Waals surface area contributed by atoms with Crippen molar-refractivity contribution in [2.45, 2.75) is 25.3 Å². The first-order chi connectivity index (χ1) is 12.6. The number of carbonyl (C=O) groups is 3. The van der Waals surface area contributed by atoms with Gasteiger partial charge in [-0.15, -0.1) is 0 Å². The minimum absolute atomic E-state index is 0.0181. The number of carbonyl (C=O) groups excluding carboxylic acids is 3. The highest BCUT2D eigenvalue weighted by Crippen LogP contribution is 2.30. The minimum Gasteiger partial charge on any atom is -0.353 e. The summed E-state index contributed by atoms with van der Waals surface area (Å²) in [5, 5.41) is 5.77. The Morgan fingerprint density at radius 3 is 2.62 bits per heavy atom. The number of nitrogens with zero attached hydrogens (tertiary/aromatic N) is 2. The summed E-state index contributed by atoms with van der Waals surface area (Å²) in [7, 11) is 0. The molecule has 1 atom stereocenters. The highest BCUT2D eigenvalue weighted by atomic mass is 16.2. The Morgan fingerprint density at radius 1 is 1.12 bits per heavy atom. The first-order valence-corrected chi connectivity index (χ1v) is 9.29. The zero-order chi connectivity index (χ0) is 18.1. The van der Waals surface area contributed by atoms with Crippen molar-refractivity contribution < 1.29 is 14.4 Å². The van der Waals surface area contributed by atoms with Crippen LogP contribution in [0.2, 0.25) is 0 Å². The van der Waals surface area contributed by atoms with Crippen LogP contribution in [0.25, 0.3) is 0 Å². The summed E-state index contributed by atoms with van der Waals surface area (Å²) in [6.45, 7) is 3.41. The van der Waals surface area contributed by atoms with Gasteiger partial charge in [0.2, 0.25) is 17.7 Å². The molecule has 1 saturated carbocycles. The quantitative estimate of drug-likeness (QED) is 0.809. The monoisotopic (exact) mass is 356 g/mol. The number of anilines is 1. The molecule has 138 valence electrons. The maximum atomic E-state index is 12.6. The van der Waals surface area contributed by atoms with E-state index in [0.717, 1.165) is 37.2 Å². The van der Waals surface area contributed by atoms with Crippen molar-refractivity contribution in [1.29, 1.82) is 0 Å². The molecule has 0 bridgehead atoms. The number of piperazine rings is 2. The highest BCUT2D eigenvalue weighted by molar-refractivity contribution is 5.94. The third-order valence-corrected chi connectivity index (χ3v) is 5.37. The minimum atomic E-state index is -0.221. The Bertz CT molecular complexity index is 714. The fourth-order valence-electron chi connectivity index (χ4n) is 3.59. The first kappa shape index (κ1) is 17.0. The van der Waals surface area contributed by atoms with E-state index in [1.807, 2.05) is 24.3 Å². The fraction of sp³-hybridized carbons (Fsp3) is 0.526. The van der Waals surface area contributed by atoms with Gasteiger partial charge in [-0.3, -0.25) is 19.3 Å². The number of hydrogen-bond donors (Lipinski definition) is 2. The van der Waals surface area contributed by atoms with Crippen molar-refractivity contribution in [3.63, 3.8) is 0 Å². The number of benzene rings is 1. The van der Waals surface area contributed by atoms with Gasteiger partial charge in [0.1, 0.15) is 6.04 Å². The van der Waals surface area contributed by atoms with Crippen molar-refractivity contribution >= 4 is 23.4 Å². The van der Waals surface area contributed by atoms with Crippen molar-refractivity contribution in [2.75, 3.05) is 38.0 Å². The van der Waals surface area contributed by atoms with Gasteiger partial charge in [-0.2, -0.15) is 0 Å². The normalized spacial score (nSPS) is 23.2. The van der Waals surface area contributed by atoms with Crippen LogP contribution in [-0.2, 0) is 20.8 Å². The lowest BCUT2D eigenvalue weighted by molar-refractivity contribution is -0.139. The van der Waals surface area contributed by atoms with Gasteiger partial charge in [-0.1, -0.05) is 12.1 Å². The molecule has 1 aromatic rings. The lowest BCUT2D eigenvalue weighted by Crippen LogP contribution is -2.64. The van der Waals surface area contributed by atoms with Crippen molar-refractivity contribution in [3.05, 3.63) is 29.8 Å². The molecule has 7 nitrogen and oxygen atoms in total. The molecule has 2 N–H and O–H groups in total. The molecular weight excluding hydrogens is 332 g/mol. The van der Waals surface area contributed by atoms with Crippen molar-refractivity contribution in [3.8, 4) is 0 Å². The summed E-state index contributed by atoms with van der Waals surface area (Å²) in [6.07, 6.45) is 2.26. The molecule has 26 heavy (non-hydrogen) atoms. The van der Waals surface area contributed by atoms with Crippen LogP contribution in [0.1, 0.15) is 18.4 Å². The second-order valence-corrected chi connectivity index (χ2v) is 7.32. The van der Waals surface area contributed by atoms with E-state index >= 15 is 0 Å². The van der Waals surface area contributed by atoms with E-state index < -0.39 is 0 Å². The molecule has 2 aliphatic heterocycles. The molecule has 0 aromatic heterocycles. The van der Waals surface area contributed by atoms with Crippen molar-refractivity contribution in [1.82, 2.24) is 15.1 Å². The van der Waals surface area contributed by atoms with Gasteiger partial charge < -0.3 is 15.5 Å². The Hall–Kier alpha value is -2.41. The molecule has 0 unspecified atom stereocenters. The summed E-state index contributed by atoms with van der Waals surface area (Å²) >= 11 is 0.